The Bertz CT molecular complexity index is 1190. The molecule has 182 valence electrons. The summed E-state index contributed by atoms with van der Waals surface area (Å²) in [6.45, 7) is 6.78. The normalized spacial score (nSPS) is 15.3. The maximum Gasteiger partial charge on any atom is 0.344 e. The molecule has 1 heterocycles. The van der Waals surface area contributed by atoms with Gasteiger partial charge in [0, 0.05) is 0 Å². The number of nitrogens with zero attached hydrogens (tertiary/aromatic N) is 1. The Kier molecular flexibility index (Phi) is 9.27. The molecule has 1 aliphatic rings. The zero-order valence-electron chi connectivity index (χ0n) is 19.9. The highest BCUT2D eigenvalue weighted by Crippen LogP contribution is 2.41. The van der Waals surface area contributed by atoms with E-state index in [1.54, 1.807) is 55.5 Å². The van der Waals surface area contributed by atoms with E-state index in [-0.39, 0.29) is 24.5 Å². The topological polar surface area (TPSA) is 86.6 Å². The maximum atomic E-state index is 12.6. The molecule has 8 heteroatoms. The third kappa shape index (κ3) is 6.61. The highest BCUT2D eigenvalue weighted by atomic mass is 32.2. The van der Waals surface area contributed by atoms with Crippen LogP contribution in [0.5, 0.6) is 17.2 Å². The van der Waals surface area contributed by atoms with Crippen LogP contribution in [0.3, 0.4) is 0 Å². The summed E-state index contributed by atoms with van der Waals surface area (Å²) in [6, 6.07) is 12.5. The van der Waals surface area contributed by atoms with Crippen molar-refractivity contribution >= 4 is 34.5 Å². The molecule has 0 saturated carbocycles. The average Bonchev–Trinajstić information content (AvgIpc) is 3.14. The largest absolute Gasteiger partial charge is 0.506 e. The lowest BCUT2D eigenvalue weighted by Gasteiger charge is -2.11. The summed E-state index contributed by atoms with van der Waals surface area (Å²) in [6.07, 6.45) is 7.03. The number of aliphatic hydroxyl groups excluding tert-OH is 1. The first kappa shape index (κ1) is 25.8. The van der Waals surface area contributed by atoms with Gasteiger partial charge in [-0.1, -0.05) is 23.7 Å². The number of esters is 1. The van der Waals surface area contributed by atoms with Crippen LogP contribution in [-0.4, -0.2) is 42.5 Å². The van der Waals surface area contributed by atoms with Crippen molar-refractivity contribution in [1.82, 2.24) is 0 Å². The van der Waals surface area contributed by atoms with Crippen LogP contribution in [-0.2, 0) is 9.53 Å². The molecule has 0 fully saturated rings. The van der Waals surface area contributed by atoms with E-state index in [2.05, 4.69) is 10.9 Å². The zero-order valence-corrected chi connectivity index (χ0v) is 20.7. The Morgan fingerprint density at radius 3 is 2.43 bits per heavy atom. The fourth-order valence-corrected chi connectivity index (χ4v) is 4.20. The van der Waals surface area contributed by atoms with E-state index in [1.165, 1.54) is 11.8 Å². The summed E-state index contributed by atoms with van der Waals surface area (Å²) in [5.41, 5.74) is 1.37. The first-order valence-electron chi connectivity index (χ1n) is 11.2. The van der Waals surface area contributed by atoms with Crippen molar-refractivity contribution in [3.05, 3.63) is 64.3 Å². The van der Waals surface area contributed by atoms with Crippen molar-refractivity contribution in [2.45, 2.75) is 20.8 Å². The molecule has 0 amide bonds. The van der Waals surface area contributed by atoms with Gasteiger partial charge in [-0.3, -0.25) is 0 Å². The molecule has 2 aromatic rings. The van der Waals surface area contributed by atoms with Crippen molar-refractivity contribution < 1.29 is 28.8 Å². The monoisotopic (exact) mass is 493 g/mol. The molecule has 0 aliphatic carbocycles. The number of rotatable bonds is 10. The van der Waals surface area contributed by atoms with Crippen molar-refractivity contribution in [2.75, 3.05) is 26.4 Å². The quantitative estimate of drug-likeness (QED) is 0.336. The predicted molar refractivity (Wildman–Crippen MR) is 139 cm³/mol. The van der Waals surface area contributed by atoms with Gasteiger partial charge in [-0.25, -0.2) is 9.79 Å². The summed E-state index contributed by atoms with van der Waals surface area (Å²) >= 11 is 1.18. The highest BCUT2D eigenvalue weighted by Gasteiger charge is 2.33. The van der Waals surface area contributed by atoms with E-state index in [0.29, 0.717) is 40.3 Å². The van der Waals surface area contributed by atoms with E-state index in [4.69, 9.17) is 25.4 Å². The average molecular weight is 494 g/mol. The second kappa shape index (κ2) is 12.6. The number of hydrogen-bond donors (Lipinski definition) is 1. The number of carbonyl (C=O) groups is 1. The van der Waals surface area contributed by atoms with Gasteiger partial charge < -0.3 is 24.1 Å². The minimum absolute atomic E-state index is 0.0241. The minimum Gasteiger partial charge on any atom is -0.506 e. The van der Waals surface area contributed by atoms with Crippen molar-refractivity contribution in [2.24, 2.45) is 4.99 Å². The number of benzene rings is 2. The van der Waals surface area contributed by atoms with Gasteiger partial charge in [0.15, 0.2) is 11.5 Å². The van der Waals surface area contributed by atoms with E-state index in [0.717, 1.165) is 11.3 Å². The van der Waals surface area contributed by atoms with Crippen LogP contribution in [0.4, 0.5) is 5.69 Å². The Labute approximate surface area is 209 Å². The maximum absolute atomic E-state index is 12.6. The summed E-state index contributed by atoms with van der Waals surface area (Å²) < 4.78 is 21.8. The molecule has 0 bridgehead atoms. The molecule has 0 atom stereocenters. The second-order valence-corrected chi connectivity index (χ2v) is 8.06. The third-order valence-electron chi connectivity index (χ3n) is 4.62. The molecule has 2 aromatic carbocycles. The molecule has 0 spiro atoms. The standard InChI is InChI=1S/C27H27NO6S/c1-5-15-34-21-14-9-18(16-22(21)32-7-3)17-23-25(29)24(27(30)33-8-4)26(35-23)28-19-10-12-20(13-11-19)31-6-2/h1,9-14,16-17,29H,6-8,15H2,2-4H3/b23-17-,28-26?. The van der Waals surface area contributed by atoms with Gasteiger partial charge >= 0.3 is 5.97 Å². The van der Waals surface area contributed by atoms with Gasteiger partial charge in [0.05, 0.1) is 30.4 Å². The van der Waals surface area contributed by atoms with Crippen LogP contribution in [0.25, 0.3) is 6.08 Å². The lowest BCUT2D eigenvalue weighted by molar-refractivity contribution is -0.138. The first-order valence-corrected chi connectivity index (χ1v) is 12.0. The van der Waals surface area contributed by atoms with Crippen LogP contribution >= 0.6 is 11.8 Å². The van der Waals surface area contributed by atoms with Gasteiger partial charge in [0.1, 0.15) is 28.7 Å². The van der Waals surface area contributed by atoms with Crippen LogP contribution < -0.4 is 14.2 Å². The molecule has 7 nitrogen and oxygen atoms in total. The third-order valence-corrected chi connectivity index (χ3v) is 5.64. The number of thioether (sulfide) groups is 1. The van der Waals surface area contributed by atoms with Crippen LogP contribution in [0.2, 0.25) is 0 Å². The molecule has 1 N–H and O–H groups in total. The molecule has 35 heavy (non-hydrogen) atoms. The summed E-state index contributed by atoms with van der Waals surface area (Å²) in [4.78, 5) is 17.7. The van der Waals surface area contributed by atoms with Crippen LogP contribution in [0, 0.1) is 12.3 Å². The van der Waals surface area contributed by atoms with E-state index in [1.807, 2.05) is 13.8 Å². The SMILES string of the molecule is C#CCOc1ccc(/C=C2\SC(=Nc3ccc(OCC)cc3)C(C(=O)OCC)=C2O)cc1OCC. The lowest BCUT2D eigenvalue weighted by Crippen LogP contribution is -2.12. The van der Waals surface area contributed by atoms with Gasteiger partial charge in [-0.2, -0.15) is 0 Å². The first-order chi connectivity index (χ1) is 17.0. The summed E-state index contributed by atoms with van der Waals surface area (Å²) in [5, 5.41) is 11.3. The number of aliphatic hydroxyl groups is 1. The van der Waals surface area contributed by atoms with Crippen molar-refractivity contribution in [3.63, 3.8) is 0 Å². The minimum atomic E-state index is -0.640. The molecule has 0 aromatic heterocycles. The Morgan fingerprint density at radius 1 is 1.03 bits per heavy atom. The molecule has 0 saturated heterocycles. The molecular formula is C27H27NO6S. The fraction of sp³-hybridized carbons (Fsp3) is 0.259. The molecule has 3 rings (SSSR count). The zero-order chi connectivity index (χ0) is 25.2. The summed E-state index contributed by atoms with van der Waals surface area (Å²) in [7, 11) is 0. The number of aliphatic imine (C=N–C) groups is 1. The van der Waals surface area contributed by atoms with Gasteiger partial charge in [0.25, 0.3) is 0 Å². The van der Waals surface area contributed by atoms with Crippen molar-refractivity contribution in [1.29, 1.82) is 0 Å². The Morgan fingerprint density at radius 2 is 1.77 bits per heavy atom. The van der Waals surface area contributed by atoms with Crippen LogP contribution in [0.15, 0.2) is 63.7 Å². The van der Waals surface area contributed by atoms with E-state index >= 15 is 0 Å². The lowest BCUT2D eigenvalue weighted by atomic mass is 10.1. The van der Waals surface area contributed by atoms with Crippen molar-refractivity contribution in [3.8, 4) is 29.6 Å². The summed E-state index contributed by atoms with van der Waals surface area (Å²) in [5.74, 6) is 3.37. The van der Waals surface area contributed by atoms with Gasteiger partial charge in [-0.05, 0) is 68.8 Å². The van der Waals surface area contributed by atoms with Gasteiger partial charge in [-0.15, -0.1) is 6.42 Å². The number of ether oxygens (including phenoxy) is 4. The number of carbonyl (C=O) groups excluding carboxylic acids is 1. The van der Waals surface area contributed by atoms with Gasteiger partial charge in [0.2, 0.25) is 0 Å². The molecular weight excluding hydrogens is 466 g/mol. The number of terminal acetylenes is 1. The fourth-order valence-electron chi connectivity index (χ4n) is 3.17. The Balaban J connectivity index is 1.97. The number of hydrogen-bond acceptors (Lipinski definition) is 8. The smallest absolute Gasteiger partial charge is 0.344 e. The van der Waals surface area contributed by atoms with E-state index < -0.39 is 5.97 Å². The Hall–Kier alpha value is -3.83. The second-order valence-electron chi connectivity index (χ2n) is 7.03. The molecule has 0 unspecified atom stereocenters. The molecule has 0 radical (unpaired) electrons. The highest BCUT2D eigenvalue weighted by molar-refractivity contribution is 8.18. The predicted octanol–water partition coefficient (Wildman–Crippen LogP) is 5.69. The van der Waals surface area contributed by atoms with E-state index in [9.17, 15) is 9.90 Å². The molecule has 1 aliphatic heterocycles. The van der Waals surface area contributed by atoms with Crippen LogP contribution in [0.1, 0.15) is 26.3 Å².